The van der Waals surface area contributed by atoms with Gasteiger partial charge in [-0.3, -0.25) is 4.79 Å². The van der Waals surface area contributed by atoms with Crippen LogP contribution >= 0.6 is 0 Å². The average molecular weight is 346 g/mol. The van der Waals surface area contributed by atoms with Gasteiger partial charge in [-0.1, -0.05) is 56.3 Å². The predicted molar refractivity (Wildman–Crippen MR) is 99.0 cm³/mol. The maximum absolute atomic E-state index is 13.7. The fraction of sp³-hybridized carbons (Fsp3) is 0.409. The molecule has 0 saturated heterocycles. The molecule has 26 heavy (non-hydrogen) atoms. The number of fused-ring (bicyclic) bond motifs is 1. The minimum atomic E-state index is -1.05. The standard InChI is InChI=1S/C22H22N2O2/c1-21(2)18-11-12-24(14-15-9-10-15)20(26)22(18,13-17(23-3)19(21)25)16-7-5-4-6-8-16/h4-8,11,13,15H,9-10,12,14H2,1-2H3/t22-/m1/s1. The van der Waals surface area contributed by atoms with Gasteiger partial charge in [0.15, 0.2) is 5.78 Å². The Hall–Kier alpha value is -2.67. The fourth-order valence-corrected chi connectivity index (χ4v) is 4.33. The van der Waals surface area contributed by atoms with E-state index >= 15 is 0 Å². The molecule has 0 spiro atoms. The largest absolute Gasteiger partial charge is 0.337 e. The lowest BCUT2D eigenvalue weighted by molar-refractivity contribution is -0.136. The molecule has 0 radical (unpaired) electrons. The molecule has 4 nitrogen and oxygen atoms in total. The van der Waals surface area contributed by atoms with Crippen molar-refractivity contribution in [3.05, 3.63) is 70.7 Å². The Labute approximate surface area is 154 Å². The third-order valence-corrected chi connectivity index (χ3v) is 5.92. The maximum Gasteiger partial charge on any atom is 0.240 e. The lowest BCUT2D eigenvalue weighted by atomic mass is 9.57. The quantitative estimate of drug-likeness (QED) is 0.621. The SMILES string of the molecule is [C-]#[N+]C1=C[C@]2(c3ccccc3)C(=O)N(CC3CC3)CC=C2C(C)(C)C1=O. The molecule has 1 atom stereocenters. The van der Waals surface area contributed by atoms with Crippen LogP contribution in [-0.4, -0.2) is 29.7 Å². The van der Waals surface area contributed by atoms with Crippen LogP contribution in [0.2, 0.25) is 0 Å². The summed E-state index contributed by atoms with van der Waals surface area (Å²) in [6.45, 7) is 12.5. The van der Waals surface area contributed by atoms with Crippen LogP contribution in [0.15, 0.2) is 53.8 Å². The van der Waals surface area contributed by atoms with Gasteiger partial charge in [0.1, 0.15) is 5.41 Å². The van der Waals surface area contributed by atoms with Gasteiger partial charge in [-0.15, -0.1) is 0 Å². The molecule has 4 heteroatoms. The minimum absolute atomic E-state index is 0.00479. The van der Waals surface area contributed by atoms with E-state index in [1.807, 2.05) is 55.2 Å². The topological polar surface area (TPSA) is 41.7 Å². The molecule has 4 rings (SSSR count). The van der Waals surface area contributed by atoms with Crippen LogP contribution in [0, 0.1) is 17.9 Å². The Bertz CT molecular complexity index is 884. The highest BCUT2D eigenvalue weighted by Crippen LogP contribution is 2.52. The molecule has 1 saturated carbocycles. The van der Waals surface area contributed by atoms with Crippen molar-refractivity contribution in [2.45, 2.75) is 32.1 Å². The highest BCUT2D eigenvalue weighted by atomic mass is 16.2. The number of hydrogen-bond donors (Lipinski definition) is 0. The molecule has 1 heterocycles. The molecule has 0 aromatic heterocycles. The number of nitrogens with zero attached hydrogens (tertiary/aromatic N) is 2. The second-order valence-corrected chi connectivity index (χ2v) is 8.04. The summed E-state index contributed by atoms with van der Waals surface area (Å²) in [4.78, 5) is 31.9. The van der Waals surface area contributed by atoms with E-state index in [1.165, 1.54) is 12.8 Å². The zero-order chi connectivity index (χ0) is 18.5. The molecule has 0 N–H and O–H groups in total. The first kappa shape index (κ1) is 16.8. The van der Waals surface area contributed by atoms with E-state index in [0.717, 1.165) is 17.7 Å². The smallest absolute Gasteiger partial charge is 0.240 e. The molecular weight excluding hydrogens is 324 g/mol. The van der Waals surface area contributed by atoms with E-state index in [1.54, 1.807) is 6.08 Å². The summed E-state index contributed by atoms with van der Waals surface area (Å²) in [5, 5.41) is 0. The highest BCUT2D eigenvalue weighted by Gasteiger charge is 2.56. The first-order valence-electron chi connectivity index (χ1n) is 9.12. The van der Waals surface area contributed by atoms with Crippen molar-refractivity contribution in [2.75, 3.05) is 13.1 Å². The molecule has 1 fully saturated rings. The third-order valence-electron chi connectivity index (χ3n) is 5.92. The summed E-state index contributed by atoms with van der Waals surface area (Å²) in [6, 6.07) is 9.58. The summed E-state index contributed by atoms with van der Waals surface area (Å²) >= 11 is 0. The van der Waals surface area contributed by atoms with Gasteiger partial charge in [-0.05, 0) is 29.9 Å². The van der Waals surface area contributed by atoms with E-state index in [4.69, 9.17) is 6.57 Å². The molecule has 2 aliphatic carbocycles. The number of rotatable bonds is 3. The molecule has 0 unspecified atom stereocenters. The van der Waals surface area contributed by atoms with Crippen molar-refractivity contribution in [3.8, 4) is 0 Å². The van der Waals surface area contributed by atoms with Gasteiger partial charge in [0.25, 0.3) is 0 Å². The number of ketones is 1. The normalized spacial score (nSPS) is 27.3. The average Bonchev–Trinajstić information content (AvgIpc) is 3.46. The van der Waals surface area contributed by atoms with Crippen LogP contribution < -0.4 is 0 Å². The van der Waals surface area contributed by atoms with Crippen LogP contribution in [0.25, 0.3) is 4.85 Å². The van der Waals surface area contributed by atoms with Gasteiger partial charge < -0.3 is 9.69 Å². The highest BCUT2D eigenvalue weighted by molar-refractivity contribution is 6.10. The predicted octanol–water partition coefficient (Wildman–Crippen LogP) is 3.52. The molecule has 1 aromatic carbocycles. The van der Waals surface area contributed by atoms with E-state index in [9.17, 15) is 9.59 Å². The van der Waals surface area contributed by atoms with Crippen LogP contribution in [0.4, 0.5) is 0 Å². The third kappa shape index (κ3) is 2.27. The number of benzene rings is 1. The number of hydrogen-bond acceptors (Lipinski definition) is 2. The van der Waals surface area contributed by atoms with Gasteiger partial charge in [-0.25, -0.2) is 4.85 Å². The number of amides is 1. The van der Waals surface area contributed by atoms with Crippen LogP contribution in [-0.2, 0) is 15.0 Å². The van der Waals surface area contributed by atoms with E-state index < -0.39 is 10.8 Å². The Morgan fingerprint density at radius 3 is 2.50 bits per heavy atom. The number of carbonyl (C=O) groups is 2. The van der Waals surface area contributed by atoms with E-state index in [2.05, 4.69) is 4.85 Å². The summed E-state index contributed by atoms with van der Waals surface area (Å²) in [6.07, 6.45) is 6.01. The Kier molecular flexibility index (Phi) is 3.66. The van der Waals surface area contributed by atoms with Gasteiger partial charge in [-0.2, -0.15) is 0 Å². The number of allylic oxidation sites excluding steroid dienone is 1. The molecule has 1 aromatic rings. The van der Waals surface area contributed by atoms with Crippen molar-refractivity contribution in [1.29, 1.82) is 0 Å². The van der Waals surface area contributed by atoms with E-state index in [0.29, 0.717) is 12.5 Å². The Morgan fingerprint density at radius 1 is 1.19 bits per heavy atom. The van der Waals surface area contributed by atoms with Crippen LogP contribution in [0.1, 0.15) is 32.3 Å². The summed E-state index contributed by atoms with van der Waals surface area (Å²) < 4.78 is 0. The van der Waals surface area contributed by atoms with Crippen molar-refractivity contribution in [1.82, 2.24) is 4.90 Å². The zero-order valence-electron chi connectivity index (χ0n) is 15.2. The van der Waals surface area contributed by atoms with Gasteiger partial charge in [0.2, 0.25) is 11.6 Å². The molecular formula is C22H22N2O2. The van der Waals surface area contributed by atoms with Crippen molar-refractivity contribution in [2.24, 2.45) is 11.3 Å². The molecule has 1 aliphatic heterocycles. The van der Waals surface area contributed by atoms with E-state index in [-0.39, 0.29) is 17.4 Å². The van der Waals surface area contributed by atoms with Crippen LogP contribution in [0.5, 0.6) is 0 Å². The maximum atomic E-state index is 13.7. The molecule has 1 amide bonds. The first-order valence-corrected chi connectivity index (χ1v) is 9.12. The fourth-order valence-electron chi connectivity index (χ4n) is 4.33. The monoisotopic (exact) mass is 346 g/mol. The minimum Gasteiger partial charge on any atom is -0.337 e. The zero-order valence-corrected chi connectivity index (χ0v) is 15.2. The molecule has 132 valence electrons. The summed E-state index contributed by atoms with van der Waals surface area (Å²) in [5.41, 5.74) is -0.209. The van der Waals surface area contributed by atoms with Gasteiger partial charge in [0.05, 0.1) is 6.57 Å². The van der Waals surface area contributed by atoms with Crippen LogP contribution in [0.3, 0.4) is 0 Å². The first-order chi connectivity index (χ1) is 12.4. The lowest BCUT2D eigenvalue weighted by Gasteiger charge is -2.48. The van der Waals surface area contributed by atoms with Gasteiger partial charge >= 0.3 is 0 Å². The van der Waals surface area contributed by atoms with Crippen molar-refractivity contribution in [3.63, 3.8) is 0 Å². The number of carbonyl (C=O) groups excluding carboxylic acids is 2. The lowest BCUT2D eigenvalue weighted by Crippen LogP contribution is -2.56. The summed E-state index contributed by atoms with van der Waals surface area (Å²) in [7, 11) is 0. The second kappa shape index (κ2) is 5.67. The number of Topliss-reactive ketones (excluding diaryl/α,β-unsaturated/α-hetero) is 1. The summed E-state index contributed by atoms with van der Waals surface area (Å²) in [5.74, 6) is 0.382. The van der Waals surface area contributed by atoms with Gasteiger partial charge in [0, 0.05) is 18.5 Å². The molecule has 3 aliphatic rings. The molecule has 0 bridgehead atoms. The van der Waals surface area contributed by atoms with Crippen molar-refractivity contribution < 1.29 is 9.59 Å². The Balaban J connectivity index is 1.97. The Morgan fingerprint density at radius 2 is 1.88 bits per heavy atom. The second-order valence-electron chi connectivity index (χ2n) is 8.04. The van der Waals surface area contributed by atoms with Crippen molar-refractivity contribution >= 4 is 11.7 Å².